The second kappa shape index (κ2) is 9.78. The number of benzene rings is 2. The summed E-state index contributed by atoms with van der Waals surface area (Å²) in [5.74, 6) is 0.478. The van der Waals surface area contributed by atoms with Crippen molar-refractivity contribution in [1.29, 1.82) is 0 Å². The van der Waals surface area contributed by atoms with Gasteiger partial charge >= 0.3 is 0 Å². The van der Waals surface area contributed by atoms with Gasteiger partial charge in [-0.25, -0.2) is 4.68 Å². The van der Waals surface area contributed by atoms with Crippen molar-refractivity contribution in [2.45, 2.75) is 60.2 Å². The minimum absolute atomic E-state index is 0.0938. The minimum Gasteiger partial charge on any atom is -0.471 e. The molecule has 0 aliphatic heterocycles. The maximum absolute atomic E-state index is 12.9. The predicted octanol–water partition coefficient (Wildman–Crippen LogP) is 5.64. The molecule has 0 saturated heterocycles. The molecule has 0 saturated carbocycles. The lowest BCUT2D eigenvalue weighted by atomic mass is 9.87. The van der Waals surface area contributed by atoms with Crippen LogP contribution in [0.15, 0.2) is 60.8 Å². The molecule has 0 aliphatic rings. The van der Waals surface area contributed by atoms with Crippen molar-refractivity contribution in [3.63, 3.8) is 0 Å². The fraction of sp³-hybridized carbons (Fsp3) is 0.321. The number of carbonyl (C=O) groups is 1. The first-order chi connectivity index (χ1) is 16.6. The van der Waals surface area contributed by atoms with Crippen molar-refractivity contribution < 1.29 is 9.53 Å². The van der Waals surface area contributed by atoms with E-state index in [0.717, 1.165) is 17.1 Å². The molecule has 0 spiro atoms. The van der Waals surface area contributed by atoms with Gasteiger partial charge in [0.2, 0.25) is 0 Å². The number of nitrogens with zero attached hydrogens (tertiary/aromatic N) is 4. The van der Waals surface area contributed by atoms with Gasteiger partial charge < -0.3 is 10.1 Å². The van der Waals surface area contributed by atoms with Gasteiger partial charge in [0.1, 0.15) is 5.75 Å². The summed E-state index contributed by atoms with van der Waals surface area (Å²) in [7, 11) is 0. The van der Waals surface area contributed by atoms with Crippen LogP contribution in [0.5, 0.6) is 5.75 Å². The Labute approximate surface area is 206 Å². The summed E-state index contributed by atoms with van der Waals surface area (Å²) in [6, 6.07) is 18.1. The van der Waals surface area contributed by atoms with Crippen LogP contribution in [0, 0.1) is 20.8 Å². The second-order valence-electron chi connectivity index (χ2n) is 9.93. The number of ether oxygens (including phenoxy) is 1. The number of aryl methyl sites for hydroxylation is 2. The van der Waals surface area contributed by atoms with Crippen molar-refractivity contribution in [3.8, 4) is 5.75 Å². The summed E-state index contributed by atoms with van der Waals surface area (Å²) >= 11 is 0. The average molecular weight is 472 g/mol. The van der Waals surface area contributed by atoms with Crippen LogP contribution in [-0.4, -0.2) is 25.5 Å². The Kier molecular flexibility index (Phi) is 6.78. The number of anilines is 1. The van der Waals surface area contributed by atoms with Crippen LogP contribution in [0.3, 0.4) is 0 Å². The first-order valence-electron chi connectivity index (χ1n) is 11.8. The molecule has 2 aromatic heterocycles. The van der Waals surface area contributed by atoms with Crippen LogP contribution in [0.1, 0.15) is 59.3 Å². The van der Waals surface area contributed by atoms with Gasteiger partial charge in [-0.15, -0.1) is 0 Å². The third-order valence-corrected chi connectivity index (χ3v) is 5.99. The fourth-order valence-electron chi connectivity index (χ4n) is 3.94. The van der Waals surface area contributed by atoms with Gasteiger partial charge in [0.25, 0.3) is 5.91 Å². The van der Waals surface area contributed by atoms with E-state index in [0.29, 0.717) is 17.9 Å². The molecule has 2 aromatic carbocycles. The highest BCUT2D eigenvalue weighted by Crippen LogP contribution is 2.24. The highest BCUT2D eigenvalue weighted by molar-refractivity contribution is 6.03. The number of rotatable bonds is 7. The number of amides is 1. The molecule has 7 nitrogen and oxygen atoms in total. The maximum atomic E-state index is 12.9. The second-order valence-corrected chi connectivity index (χ2v) is 9.93. The van der Waals surface area contributed by atoms with E-state index in [1.165, 1.54) is 16.7 Å². The predicted molar refractivity (Wildman–Crippen MR) is 138 cm³/mol. The monoisotopic (exact) mass is 471 g/mol. The van der Waals surface area contributed by atoms with Gasteiger partial charge in [-0.1, -0.05) is 62.7 Å². The van der Waals surface area contributed by atoms with E-state index < -0.39 is 0 Å². The molecule has 1 N–H and O–H groups in total. The van der Waals surface area contributed by atoms with E-state index >= 15 is 0 Å². The highest BCUT2D eigenvalue weighted by Gasteiger charge is 2.17. The Bertz CT molecular complexity index is 1330. The smallest absolute Gasteiger partial charge is 0.276 e. The number of hydrogen-bond donors (Lipinski definition) is 1. The first-order valence-corrected chi connectivity index (χ1v) is 11.8. The normalized spacial score (nSPS) is 11.5. The molecule has 0 unspecified atom stereocenters. The SMILES string of the molecule is Cc1cccc(Cn2nc(C)c(NC(=O)c3ccn(COc4ccc(C(C)(C)C)cc4)n3)c2C)c1. The lowest BCUT2D eigenvalue weighted by Gasteiger charge is -2.19. The van der Waals surface area contributed by atoms with E-state index in [4.69, 9.17) is 4.74 Å². The Morgan fingerprint density at radius 1 is 1.00 bits per heavy atom. The lowest BCUT2D eigenvalue weighted by molar-refractivity contribution is 0.102. The third kappa shape index (κ3) is 5.80. The number of hydrogen-bond acceptors (Lipinski definition) is 4. The summed E-state index contributed by atoms with van der Waals surface area (Å²) < 4.78 is 9.35. The summed E-state index contributed by atoms with van der Waals surface area (Å²) in [4.78, 5) is 12.9. The molecule has 0 fully saturated rings. The molecule has 7 heteroatoms. The largest absolute Gasteiger partial charge is 0.471 e. The van der Waals surface area contributed by atoms with Crippen molar-refractivity contribution >= 4 is 11.6 Å². The van der Waals surface area contributed by atoms with E-state index in [9.17, 15) is 4.79 Å². The van der Waals surface area contributed by atoms with Crippen LogP contribution in [0.25, 0.3) is 0 Å². The fourth-order valence-corrected chi connectivity index (χ4v) is 3.94. The Morgan fingerprint density at radius 3 is 2.43 bits per heavy atom. The molecule has 0 radical (unpaired) electrons. The standard InChI is InChI=1S/C28H33N5O2/c1-19-8-7-9-22(16-19)17-33-21(3)26(20(2)30-33)29-27(34)25-14-15-32(31-25)18-35-24-12-10-23(11-13-24)28(4,5)6/h7-16H,17-18H2,1-6H3,(H,29,34). The molecule has 35 heavy (non-hydrogen) atoms. The van der Waals surface area contributed by atoms with Gasteiger partial charge in [0.15, 0.2) is 12.4 Å². The van der Waals surface area contributed by atoms with Crippen molar-refractivity contribution in [3.05, 3.63) is 94.6 Å². The van der Waals surface area contributed by atoms with E-state index in [-0.39, 0.29) is 18.1 Å². The molecule has 182 valence electrons. The maximum Gasteiger partial charge on any atom is 0.276 e. The van der Waals surface area contributed by atoms with Crippen molar-refractivity contribution in [2.24, 2.45) is 0 Å². The van der Waals surface area contributed by atoms with Crippen LogP contribution >= 0.6 is 0 Å². The van der Waals surface area contributed by atoms with Crippen molar-refractivity contribution in [2.75, 3.05) is 5.32 Å². The third-order valence-electron chi connectivity index (χ3n) is 5.99. The van der Waals surface area contributed by atoms with E-state index in [1.807, 2.05) is 36.7 Å². The summed E-state index contributed by atoms with van der Waals surface area (Å²) in [6.45, 7) is 13.3. The number of nitrogens with one attached hydrogen (secondary N) is 1. The van der Waals surface area contributed by atoms with E-state index in [1.54, 1.807) is 16.9 Å². The van der Waals surface area contributed by atoms with Crippen molar-refractivity contribution in [1.82, 2.24) is 19.6 Å². The molecular weight excluding hydrogens is 438 g/mol. The van der Waals surface area contributed by atoms with Crippen LogP contribution in [-0.2, 0) is 18.7 Å². The topological polar surface area (TPSA) is 74.0 Å². The van der Waals surface area contributed by atoms with Crippen LogP contribution in [0.2, 0.25) is 0 Å². The Hall–Kier alpha value is -3.87. The first kappa shape index (κ1) is 24.3. The molecule has 0 atom stereocenters. The molecule has 0 aliphatic carbocycles. The average Bonchev–Trinajstić information content (AvgIpc) is 3.38. The minimum atomic E-state index is -0.278. The molecule has 4 rings (SSSR count). The van der Waals surface area contributed by atoms with Gasteiger partial charge in [-0.2, -0.15) is 10.2 Å². The van der Waals surface area contributed by atoms with Gasteiger partial charge in [-0.3, -0.25) is 9.48 Å². The Morgan fingerprint density at radius 2 is 1.74 bits per heavy atom. The van der Waals surface area contributed by atoms with E-state index in [2.05, 4.69) is 73.5 Å². The van der Waals surface area contributed by atoms with Crippen LogP contribution in [0.4, 0.5) is 5.69 Å². The summed E-state index contributed by atoms with van der Waals surface area (Å²) in [6.07, 6.45) is 1.74. The van der Waals surface area contributed by atoms with Gasteiger partial charge in [0.05, 0.1) is 23.6 Å². The molecule has 2 heterocycles. The van der Waals surface area contributed by atoms with Crippen LogP contribution < -0.4 is 10.1 Å². The van der Waals surface area contributed by atoms with Gasteiger partial charge in [-0.05, 0) is 55.5 Å². The number of carbonyl (C=O) groups excluding carboxylic acids is 1. The molecular formula is C28H33N5O2. The van der Waals surface area contributed by atoms with Gasteiger partial charge in [0, 0.05) is 6.20 Å². The quantitative estimate of drug-likeness (QED) is 0.379. The Balaban J connectivity index is 1.39. The lowest BCUT2D eigenvalue weighted by Crippen LogP contribution is -2.15. The number of aromatic nitrogens is 4. The molecule has 1 amide bonds. The zero-order valence-corrected chi connectivity index (χ0v) is 21.3. The zero-order chi connectivity index (χ0) is 25.2. The molecule has 4 aromatic rings. The zero-order valence-electron chi connectivity index (χ0n) is 21.3. The summed E-state index contributed by atoms with van der Waals surface area (Å²) in [5.41, 5.74) is 6.42. The highest BCUT2D eigenvalue weighted by atomic mass is 16.5. The summed E-state index contributed by atoms with van der Waals surface area (Å²) in [5, 5.41) is 12.0. The molecule has 0 bridgehead atoms.